The van der Waals surface area contributed by atoms with Gasteiger partial charge in [0.1, 0.15) is 0 Å². The Morgan fingerprint density at radius 2 is 1.96 bits per heavy atom. The van der Waals surface area contributed by atoms with Crippen molar-refractivity contribution in [2.75, 3.05) is 6.54 Å². The minimum absolute atomic E-state index is 0.149. The summed E-state index contributed by atoms with van der Waals surface area (Å²) in [7, 11) is 0. The number of aromatic nitrogens is 2. The fourth-order valence-electron chi connectivity index (χ4n) is 2.39. The van der Waals surface area contributed by atoms with Crippen molar-refractivity contribution in [2.45, 2.75) is 39.7 Å². The fraction of sp³-hybridized carbons (Fsp3) is 0.389. The topological polar surface area (TPSA) is 73.2 Å². The Morgan fingerprint density at radius 3 is 2.58 bits per heavy atom. The van der Waals surface area contributed by atoms with Crippen molar-refractivity contribution in [1.82, 2.24) is 15.1 Å². The molecule has 24 heavy (non-hydrogen) atoms. The quantitative estimate of drug-likeness (QED) is 0.792. The number of hydrogen-bond acceptors (Lipinski definition) is 4. The molecule has 1 heterocycles. The number of hydrogen-bond donors (Lipinski definition) is 1. The van der Waals surface area contributed by atoms with Gasteiger partial charge in [0.2, 0.25) is 0 Å². The van der Waals surface area contributed by atoms with E-state index in [1.807, 2.05) is 37.3 Å². The largest absolute Gasteiger partial charge is 0.463 e. The van der Waals surface area contributed by atoms with Gasteiger partial charge in [-0.2, -0.15) is 5.10 Å². The number of esters is 1. The van der Waals surface area contributed by atoms with Crippen molar-refractivity contribution in [1.29, 1.82) is 0 Å². The van der Waals surface area contributed by atoms with E-state index in [1.165, 1.54) is 0 Å². The first-order valence-electron chi connectivity index (χ1n) is 8.13. The molecule has 0 spiro atoms. The van der Waals surface area contributed by atoms with Gasteiger partial charge >= 0.3 is 5.97 Å². The van der Waals surface area contributed by atoms with E-state index in [0.717, 1.165) is 11.4 Å². The van der Waals surface area contributed by atoms with Gasteiger partial charge in [-0.3, -0.25) is 9.59 Å². The maximum Gasteiger partial charge on any atom is 0.307 e. The smallest absolute Gasteiger partial charge is 0.307 e. The molecule has 6 heteroatoms. The SMILES string of the molecule is CCc1c(C(=O)NCCC(=O)OC(C)C)cnn1-c1ccccc1. The highest BCUT2D eigenvalue weighted by Gasteiger charge is 2.17. The number of ether oxygens (including phenoxy) is 1. The lowest BCUT2D eigenvalue weighted by Crippen LogP contribution is -2.27. The summed E-state index contributed by atoms with van der Waals surface area (Å²) in [6.07, 6.45) is 2.24. The number of para-hydroxylation sites is 1. The second-order valence-electron chi connectivity index (χ2n) is 5.65. The van der Waals surface area contributed by atoms with Crippen molar-refractivity contribution in [3.05, 3.63) is 47.8 Å². The van der Waals surface area contributed by atoms with Gasteiger partial charge in [0.05, 0.1) is 35.7 Å². The van der Waals surface area contributed by atoms with Gasteiger partial charge in [0.15, 0.2) is 0 Å². The zero-order valence-electron chi connectivity index (χ0n) is 14.3. The van der Waals surface area contributed by atoms with Crippen LogP contribution in [0.5, 0.6) is 0 Å². The van der Waals surface area contributed by atoms with Crippen LogP contribution in [0, 0.1) is 0 Å². The number of nitrogens with zero attached hydrogens (tertiary/aromatic N) is 2. The molecule has 2 aromatic rings. The highest BCUT2D eigenvalue weighted by molar-refractivity contribution is 5.95. The van der Waals surface area contributed by atoms with Crippen LogP contribution in [0.15, 0.2) is 36.5 Å². The Kier molecular flexibility index (Phi) is 6.12. The molecule has 6 nitrogen and oxygen atoms in total. The van der Waals surface area contributed by atoms with Crippen LogP contribution in [-0.2, 0) is 16.0 Å². The van der Waals surface area contributed by atoms with Crippen molar-refractivity contribution in [3.63, 3.8) is 0 Å². The molecule has 1 aromatic carbocycles. The van der Waals surface area contributed by atoms with E-state index in [9.17, 15) is 9.59 Å². The summed E-state index contributed by atoms with van der Waals surface area (Å²) in [5, 5.41) is 7.07. The summed E-state index contributed by atoms with van der Waals surface area (Å²) < 4.78 is 6.80. The van der Waals surface area contributed by atoms with E-state index in [2.05, 4.69) is 10.4 Å². The number of amides is 1. The Labute approximate surface area is 141 Å². The van der Waals surface area contributed by atoms with Crippen molar-refractivity contribution in [2.24, 2.45) is 0 Å². The van der Waals surface area contributed by atoms with Crippen LogP contribution in [0.2, 0.25) is 0 Å². The lowest BCUT2D eigenvalue weighted by molar-refractivity contribution is -0.147. The summed E-state index contributed by atoms with van der Waals surface area (Å²) in [6, 6.07) is 9.67. The average molecular weight is 329 g/mol. The van der Waals surface area contributed by atoms with Crippen LogP contribution >= 0.6 is 0 Å². The Bertz CT molecular complexity index is 693. The standard InChI is InChI=1S/C18H23N3O3/c1-4-16-15(12-20-21(16)14-8-6-5-7-9-14)18(23)19-11-10-17(22)24-13(2)3/h5-9,12-13H,4,10-11H2,1-3H3,(H,19,23). The molecular weight excluding hydrogens is 306 g/mol. The van der Waals surface area contributed by atoms with E-state index in [-0.39, 0.29) is 30.9 Å². The van der Waals surface area contributed by atoms with Gasteiger partial charge in [-0.05, 0) is 32.4 Å². The third-order valence-corrected chi connectivity index (χ3v) is 3.43. The van der Waals surface area contributed by atoms with Crippen LogP contribution in [0.3, 0.4) is 0 Å². The van der Waals surface area contributed by atoms with Crippen LogP contribution in [-0.4, -0.2) is 34.3 Å². The first-order valence-corrected chi connectivity index (χ1v) is 8.13. The minimum atomic E-state index is -0.319. The number of rotatable bonds is 7. The van der Waals surface area contributed by atoms with Gasteiger partial charge in [-0.15, -0.1) is 0 Å². The molecule has 0 saturated heterocycles. The Hall–Kier alpha value is -2.63. The lowest BCUT2D eigenvalue weighted by Gasteiger charge is -2.09. The molecule has 0 bridgehead atoms. The highest BCUT2D eigenvalue weighted by atomic mass is 16.5. The predicted octanol–water partition coefficient (Wildman–Crippen LogP) is 2.51. The minimum Gasteiger partial charge on any atom is -0.463 e. The molecule has 0 unspecified atom stereocenters. The molecule has 0 saturated carbocycles. The van der Waals surface area contributed by atoms with Crippen molar-refractivity contribution < 1.29 is 14.3 Å². The Balaban J connectivity index is 2.03. The van der Waals surface area contributed by atoms with Gasteiger partial charge < -0.3 is 10.1 Å². The van der Waals surface area contributed by atoms with Crippen LogP contribution < -0.4 is 5.32 Å². The first kappa shape index (κ1) is 17.7. The number of nitrogens with one attached hydrogen (secondary N) is 1. The van der Waals surface area contributed by atoms with Crippen LogP contribution in [0.4, 0.5) is 0 Å². The van der Waals surface area contributed by atoms with E-state index in [1.54, 1.807) is 24.7 Å². The molecule has 0 fully saturated rings. The third-order valence-electron chi connectivity index (χ3n) is 3.43. The molecule has 0 aliphatic rings. The van der Waals surface area contributed by atoms with Crippen LogP contribution in [0.25, 0.3) is 5.69 Å². The van der Waals surface area contributed by atoms with E-state index >= 15 is 0 Å². The van der Waals surface area contributed by atoms with E-state index < -0.39 is 0 Å². The molecule has 2 rings (SSSR count). The summed E-state index contributed by atoms with van der Waals surface area (Å²) in [5.74, 6) is -0.549. The van der Waals surface area contributed by atoms with E-state index in [4.69, 9.17) is 4.74 Å². The molecule has 0 radical (unpaired) electrons. The molecule has 0 aliphatic carbocycles. The van der Waals surface area contributed by atoms with Gasteiger partial charge in [-0.25, -0.2) is 4.68 Å². The molecule has 128 valence electrons. The molecule has 1 N–H and O–H groups in total. The van der Waals surface area contributed by atoms with Gasteiger partial charge in [-0.1, -0.05) is 25.1 Å². The normalized spacial score (nSPS) is 10.7. The van der Waals surface area contributed by atoms with Crippen molar-refractivity contribution >= 4 is 11.9 Å². The van der Waals surface area contributed by atoms with Gasteiger partial charge in [0.25, 0.3) is 5.91 Å². The second kappa shape index (κ2) is 8.29. The van der Waals surface area contributed by atoms with Crippen molar-refractivity contribution in [3.8, 4) is 5.69 Å². The van der Waals surface area contributed by atoms with Crippen LogP contribution in [0.1, 0.15) is 43.2 Å². The highest BCUT2D eigenvalue weighted by Crippen LogP contribution is 2.15. The average Bonchev–Trinajstić information content (AvgIpc) is 2.98. The zero-order chi connectivity index (χ0) is 17.5. The molecule has 1 aromatic heterocycles. The molecule has 0 atom stereocenters. The third kappa shape index (κ3) is 4.44. The summed E-state index contributed by atoms with van der Waals surface area (Å²) in [6.45, 7) is 5.81. The summed E-state index contributed by atoms with van der Waals surface area (Å²) >= 11 is 0. The number of carbonyl (C=O) groups is 2. The first-order chi connectivity index (χ1) is 11.5. The number of benzene rings is 1. The Morgan fingerprint density at radius 1 is 1.25 bits per heavy atom. The van der Waals surface area contributed by atoms with E-state index in [0.29, 0.717) is 12.0 Å². The zero-order valence-corrected chi connectivity index (χ0v) is 14.3. The number of carbonyl (C=O) groups excluding carboxylic acids is 2. The molecular formula is C18H23N3O3. The second-order valence-corrected chi connectivity index (χ2v) is 5.65. The monoisotopic (exact) mass is 329 g/mol. The lowest BCUT2D eigenvalue weighted by atomic mass is 10.2. The molecule has 1 amide bonds. The summed E-state index contributed by atoms with van der Waals surface area (Å²) in [5.41, 5.74) is 2.27. The fourth-order valence-corrected chi connectivity index (χ4v) is 2.39. The predicted molar refractivity (Wildman–Crippen MR) is 91.1 cm³/mol. The van der Waals surface area contributed by atoms with Gasteiger partial charge in [0, 0.05) is 6.54 Å². The maximum atomic E-state index is 12.4. The molecule has 0 aliphatic heterocycles. The maximum absolute atomic E-state index is 12.4. The summed E-state index contributed by atoms with van der Waals surface area (Å²) in [4.78, 5) is 23.8.